The molecule has 0 radical (unpaired) electrons. The standard InChI is InChI=1S/C25H42O4/c26-24(19-13-9-14-20-25(27)28)18-12-6-4-2-1-3-5-7-15-21-29-22-23-16-10-8-11-17-23/h8,10-11,16-17,24,26H,1-7,9,12-15,18-22H2,(H,27,28). The van der Waals surface area contributed by atoms with Gasteiger partial charge >= 0.3 is 5.97 Å². The number of hydrogen-bond donors (Lipinski definition) is 2. The molecular weight excluding hydrogens is 364 g/mol. The van der Waals surface area contributed by atoms with Crippen molar-refractivity contribution >= 4 is 5.97 Å². The lowest BCUT2D eigenvalue weighted by Gasteiger charge is -2.10. The molecule has 1 unspecified atom stereocenters. The van der Waals surface area contributed by atoms with Crippen molar-refractivity contribution in [3.63, 3.8) is 0 Å². The Labute approximate surface area is 177 Å². The second-order valence-corrected chi connectivity index (χ2v) is 8.16. The fraction of sp³-hybridized carbons (Fsp3) is 0.720. The minimum Gasteiger partial charge on any atom is -0.481 e. The Morgan fingerprint density at radius 3 is 1.86 bits per heavy atom. The van der Waals surface area contributed by atoms with E-state index < -0.39 is 5.97 Å². The van der Waals surface area contributed by atoms with E-state index in [2.05, 4.69) is 12.1 Å². The Balaban J connectivity index is 1.75. The highest BCUT2D eigenvalue weighted by Gasteiger charge is 2.04. The molecule has 4 nitrogen and oxygen atoms in total. The number of rotatable bonds is 20. The van der Waals surface area contributed by atoms with Crippen LogP contribution in [0, 0.1) is 0 Å². The van der Waals surface area contributed by atoms with Gasteiger partial charge in [-0.15, -0.1) is 0 Å². The second kappa shape index (κ2) is 18.6. The molecule has 0 spiro atoms. The summed E-state index contributed by atoms with van der Waals surface area (Å²) in [5, 5.41) is 18.5. The first-order valence-corrected chi connectivity index (χ1v) is 11.7. The summed E-state index contributed by atoms with van der Waals surface area (Å²) >= 11 is 0. The maximum Gasteiger partial charge on any atom is 0.303 e. The van der Waals surface area contributed by atoms with Crippen molar-refractivity contribution in [3.05, 3.63) is 35.9 Å². The summed E-state index contributed by atoms with van der Waals surface area (Å²) in [6.45, 7) is 1.58. The molecule has 4 heteroatoms. The lowest BCUT2D eigenvalue weighted by molar-refractivity contribution is -0.137. The number of hydrogen-bond acceptors (Lipinski definition) is 3. The number of carbonyl (C=O) groups is 1. The van der Waals surface area contributed by atoms with E-state index in [1.54, 1.807) is 0 Å². The van der Waals surface area contributed by atoms with Gasteiger partial charge < -0.3 is 14.9 Å². The smallest absolute Gasteiger partial charge is 0.303 e. The third-order valence-corrected chi connectivity index (χ3v) is 5.37. The van der Waals surface area contributed by atoms with Crippen LogP contribution >= 0.6 is 0 Å². The van der Waals surface area contributed by atoms with Gasteiger partial charge in [-0.05, 0) is 31.2 Å². The average molecular weight is 407 g/mol. The Hall–Kier alpha value is -1.39. The van der Waals surface area contributed by atoms with E-state index in [1.165, 1.54) is 50.5 Å². The molecule has 166 valence electrons. The molecule has 0 saturated carbocycles. The lowest BCUT2D eigenvalue weighted by atomic mass is 10.0. The van der Waals surface area contributed by atoms with Crippen LogP contribution in [0.25, 0.3) is 0 Å². The van der Waals surface area contributed by atoms with Crippen molar-refractivity contribution in [2.24, 2.45) is 0 Å². The first-order chi connectivity index (χ1) is 14.2. The fourth-order valence-corrected chi connectivity index (χ4v) is 3.56. The minimum atomic E-state index is -0.724. The Morgan fingerprint density at radius 1 is 0.759 bits per heavy atom. The molecule has 0 amide bonds. The van der Waals surface area contributed by atoms with Crippen molar-refractivity contribution in [2.45, 2.75) is 109 Å². The minimum absolute atomic E-state index is 0.205. The van der Waals surface area contributed by atoms with Crippen molar-refractivity contribution < 1.29 is 19.7 Å². The van der Waals surface area contributed by atoms with Crippen LogP contribution in [0.1, 0.15) is 102 Å². The van der Waals surface area contributed by atoms with Crippen LogP contribution in [0.2, 0.25) is 0 Å². The van der Waals surface area contributed by atoms with E-state index >= 15 is 0 Å². The number of benzene rings is 1. The largest absolute Gasteiger partial charge is 0.481 e. The summed E-state index contributed by atoms with van der Waals surface area (Å²) in [4.78, 5) is 10.4. The molecule has 29 heavy (non-hydrogen) atoms. The van der Waals surface area contributed by atoms with Gasteiger partial charge in [-0.1, -0.05) is 94.5 Å². The maximum absolute atomic E-state index is 10.4. The van der Waals surface area contributed by atoms with Gasteiger partial charge in [0, 0.05) is 13.0 Å². The van der Waals surface area contributed by atoms with Crippen molar-refractivity contribution in [1.82, 2.24) is 0 Å². The lowest BCUT2D eigenvalue weighted by Crippen LogP contribution is -2.06. The third kappa shape index (κ3) is 17.2. The molecule has 0 fully saturated rings. The molecule has 0 aliphatic heterocycles. The van der Waals surface area contributed by atoms with Crippen LogP contribution in [0.4, 0.5) is 0 Å². The summed E-state index contributed by atoms with van der Waals surface area (Å²) in [5.74, 6) is -0.724. The predicted octanol–water partition coefficient (Wildman–Crippen LogP) is 6.50. The zero-order chi connectivity index (χ0) is 21.0. The van der Waals surface area contributed by atoms with Crippen molar-refractivity contribution in [3.8, 4) is 0 Å². The molecule has 0 heterocycles. The van der Waals surface area contributed by atoms with Gasteiger partial charge in [0.1, 0.15) is 0 Å². The van der Waals surface area contributed by atoms with Gasteiger partial charge in [0.2, 0.25) is 0 Å². The van der Waals surface area contributed by atoms with E-state index in [-0.39, 0.29) is 12.5 Å². The van der Waals surface area contributed by atoms with Crippen LogP contribution in [0.5, 0.6) is 0 Å². The molecule has 0 saturated heterocycles. The van der Waals surface area contributed by atoms with E-state index in [0.29, 0.717) is 0 Å². The van der Waals surface area contributed by atoms with Crippen LogP contribution in [-0.4, -0.2) is 28.9 Å². The van der Waals surface area contributed by atoms with Gasteiger partial charge in [0.25, 0.3) is 0 Å². The molecule has 1 aromatic rings. The summed E-state index contributed by atoms with van der Waals surface area (Å²) in [6.07, 6.45) is 15.5. The Bertz CT molecular complexity index is 489. The van der Waals surface area contributed by atoms with Crippen LogP contribution < -0.4 is 0 Å². The molecular formula is C25H42O4. The van der Waals surface area contributed by atoms with Crippen LogP contribution in [0.15, 0.2) is 30.3 Å². The number of carboxylic acid groups (broad SMARTS) is 1. The van der Waals surface area contributed by atoms with Gasteiger partial charge in [-0.3, -0.25) is 4.79 Å². The van der Waals surface area contributed by atoms with E-state index in [1.807, 2.05) is 18.2 Å². The molecule has 0 bridgehead atoms. The number of aliphatic carboxylic acids is 1. The van der Waals surface area contributed by atoms with E-state index in [9.17, 15) is 9.90 Å². The molecule has 0 aliphatic rings. The normalized spacial score (nSPS) is 12.2. The molecule has 2 N–H and O–H groups in total. The zero-order valence-corrected chi connectivity index (χ0v) is 18.2. The third-order valence-electron chi connectivity index (χ3n) is 5.37. The topological polar surface area (TPSA) is 66.8 Å². The van der Waals surface area contributed by atoms with E-state index in [4.69, 9.17) is 9.84 Å². The first-order valence-electron chi connectivity index (χ1n) is 11.7. The van der Waals surface area contributed by atoms with E-state index in [0.717, 1.165) is 58.2 Å². The molecule has 1 aromatic carbocycles. The fourth-order valence-electron chi connectivity index (χ4n) is 3.56. The van der Waals surface area contributed by atoms with Crippen molar-refractivity contribution in [2.75, 3.05) is 6.61 Å². The molecule has 1 rings (SSSR count). The van der Waals surface area contributed by atoms with Gasteiger partial charge in [0.15, 0.2) is 0 Å². The maximum atomic E-state index is 10.4. The average Bonchev–Trinajstić information content (AvgIpc) is 2.71. The highest BCUT2D eigenvalue weighted by Crippen LogP contribution is 2.14. The predicted molar refractivity (Wildman–Crippen MR) is 119 cm³/mol. The quantitative estimate of drug-likeness (QED) is 0.243. The summed E-state index contributed by atoms with van der Waals surface area (Å²) in [5.41, 5.74) is 1.25. The number of aliphatic hydroxyl groups is 1. The summed E-state index contributed by atoms with van der Waals surface area (Å²) in [7, 11) is 0. The van der Waals surface area contributed by atoms with Crippen LogP contribution in [0.3, 0.4) is 0 Å². The molecule has 0 aliphatic carbocycles. The SMILES string of the molecule is O=C(O)CCCCCC(O)CCCCCCCCCCCOCc1ccccc1. The monoisotopic (exact) mass is 406 g/mol. The molecule has 0 aromatic heterocycles. The van der Waals surface area contributed by atoms with Crippen LogP contribution in [-0.2, 0) is 16.1 Å². The molecule has 1 atom stereocenters. The number of ether oxygens (including phenoxy) is 1. The Kier molecular flexibility index (Phi) is 16.5. The zero-order valence-electron chi connectivity index (χ0n) is 18.2. The highest BCUT2D eigenvalue weighted by molar-refractivity contribution is 5.66. The van der Waals surface area contributed by atoms with Gasteiger partial charge in [0.05, 0.1) is 12.7 Å². The van der Waals surface area contributed by atoms with Crippen molar-refractivity contribution in [1.29, 1.82) is 0 Å². The first kappa shape index (κ1) is 25.6. The Morgan fingerprint density at radius 2 is 1.28 bits per heavy atom. The number of carboxylic acids is 1. The van der Waals surface area contributed by atoms with Gasteiger partial charge in [-0.2, -0.15) is 0 Å². The van der Waals surface area contributed by atoms with Gasteiger partial charge in [-0.25, -0.2) is 0 Å². The summed E-state index contributed by atoms with van der Waals surface area (Å²) < 4.78 is 5.71. The number of unbranched alkanes of at least 4 members (excludes halogenated alkanes) is 10. The summed E-state index contributed by atoms with van der Waals surface area (Å²) in [6, 6.07) is 10.3. The second-order valence-electron chi connectivity index (χ2n) is 8.16. The highest BCUT2D eigenvalue weighted by atomic mass is 16.5. The number of aliphatic hydroxyl groups excluding tert-OH is 1.